The topological polar surface area (TPSA) is 31.2 Å². The molecule has 0 radical (unpaired) electrons. The highest BCUT2D eigenvalue weighted by atomic mass is 16.3. The van der Waals surface area contributed by atoms with Crippen molar-refractivity contribution in [3.8, 4) is 27.9 Å². The van der Waals surface area contributed by atoms with Gasteiger partial charge >= 0.3 is 0 Å². The van der Waals surface area contributed by atoms with Gasteiger partial charge in [0.25, 0.3) is 0 Å². The monoisotopic (exact) mass is 675 g/mol. The first-order valence-corrected chi connectivity index (χ1v) is 18.1. The van der Waals surface area contributed by atoms with E-state index in [2.05, 4.69) is 156 Å². The summed E-state index contributed by atoms with van der Waals surface area (Å²) < 4.78 is 15.5. The van der Waals surface area contributed by atoms with Gasteiger partial charge in [0.2, 0.25) is 0 Å². The van der Waals surface area contributed by atoms with Gasteiger partial charge in [-0.15, -0.1) is 0 Å². The van der Waals surface area contributed by atoms with Crippen molar-refractivity contribution in [3.05, 3.63) is 176 Å². The summed E-state index contributed by atoms with van der Waals surface area (Å²) in [4.78, 5) is 0. The Labute approximate surface area is 303 Å². The largest absolute Gasteiger partial charge is 0.455 e. The first-order chi connectivity index (χ1) is 26.3. The highest BCUT2D eigenvalue weighted by molar-refractivity contribution is 6.18. The van der Waals surface area contributed by atoms with Crippen LogP contribution in [0.1, 0.15) is 0 Å². The number of hydrogen-bond acceptors (Lipinski definition) is 2. The minimum absolute atomic E-state index is 0.903. The Morgan fingerprint density at radius 3 is 1.38 bits per heavy atom. The summed E-state index contributed by atoms with van der Waals surface area (Å²) in [5.74, 6) is 0. The predicted molar refractivity (Wildman–Crippen MR) is 221 cm³/mol. The molecule has 3 heterocycles. The molecule has 0 bridgehead atoms. The van der Waals surface area contributed by atoms with E-state index in [9.17, 15) is 0 Å². The van der Waals surface area contributed by atoms with E-state index in [1.165, 1.54) is 38.0 Å². The number of nitrogens with zero attached hydrogens (tertiary/aromatic N) is 1. The van der Waals surface area contributed by atoms with E-state index in [1.54, 1.807) is 0 Å². The Bertz CT molecular complexity index is 3290. The molecule has 0 fully saturated rings. The third kappa shape index (κ3) is 4.05. The van der Waals surface area contributed by atoms with Gasteiger partial charge in [-0.2, -0.15) is 0 Å². The normalized spacial score (nSPS) is 12.2. The number of fused-ring (bicyclic) bond motifs is 12. The van der Waals surface area contributed by atoms with Crippen molar-refractivity contribution >= 4 is 87.2 Å². The van der Waals surface area contributed by atoms with Crippen molar-refractivity contribution in [1.82, 2.24) is 4.57 Å². The zero-order valence-corrected chi connectivity index (χ0v) is 28.5. The Morgan fingerprint density at radius 2 is 0.792 bits per heavy atom. The van der Waals surface area contributed by atoms with Crippen molar-refractivity contribution in [2.24, 2.45) is 0 Å². The number of benzene rings is 9. The van der Waals surface area contributed by atoms with Crippen LogP contribution in [0, 0.1) is 0 Å². The highest BCUT2D eigenvalue weighted by Gasteiger charge is 2.20. The summed E-state index contributed by atoms with van der Waals surface area (Å²) in [6, 6.07) is 63.1. The summed E-state index contributed by atoms with van der Waals surface area (Å²) >= 11 is 0. The van der Waals surface area contributed by atoms with Crippen LogP contribution >= 0.6 is 0 Å². The first-order valence-electron chi connectivity index (χ1n) is 18.1. The average Bonchev–Trinajstić information content (AvgIpc) is 3.90. The van der Waals surface area contributed by atoms with Crippen LogP contribution in [-0.4, -0.2) is 4.57 Å². The van der Waals surface area contributed by atoms with Gasteiger partial charge in [0, 0.05) is 48.8 Å². The van der Waals surface area contributed by atoms with Crippen LogP contribution in [0.5, 0.6) is 0 Å². The molecule has 0 aliphatic carbocycles. The predicted octanol–water partition coefficient (Wildman–Crippen LogP) is 14.2. The average molecular weight is 676 g/mol. The van der Waals surface area contributed by atoms with E-state index in [4.69, 9.17) is 8.83 Å². The quantitative estimate of drug-likeness (QED) is 0.175. The molecule has 0 unspecified atom stereocenters. The van der Waals surface area contributed by atoms with E-state index in [0.717, 1.165) is 77.2 Å². The van der Waals surface area contributed by atoms with Crippen LogP contribution in [0.25, 0.3) is 115 Å². The summed E-state index contributed by atoms with van der Waals surface area (Å²) in [7, 11) is 0. The maximum Gasteiger partial charge on any atom is 0.143 e. The molecule has 12 aromatic rings. The van der Waals surface area contributed by atoms with Gasteiger partial charge in [-0.05, 0) is 69.8 Å². The molecule has 0 aliphatic heterocycles. The second-order valence-electron chi connectivity index (χ2n) is 14.0. The van der Waals surface area contributed by atoms with Gasteiger partial charge < -0.3 is 13.4 Å². The molecule has 0 spiro atoms. The SMILES string of the molecule is c1ccc2c(c1)cc(-n1c3ccc(-c4cccc5c4oc4ccccc45)cc3c3cc(-c4cccc5c4oc4ccccc45)ccc31)c1ccccc12. The van der Waals surface area contributed by atoms with E-state index in [1.807, 2.05) is 24.3 Å². The van der Waals surface area contributed by atoms with Crippen molar-refractivity contribution in [2.75, 3.05) is 0 Å². The summed E-state index contributed by atoms with van der Waals surface area (Å²) in [6.45, 7) is 0. The third-order valence-electron chi connectivity index (χ3n) is 11.2. The number of hydrogen-bond donors (Lipinski definition) is 0. The molecule has 3 nitrogen and oxygen atoms in total. The highest BCUT2D eigenvalue weighted by Crippen LogP contribution is 2.43. The smallest absolute Gasteiger partial charge is 0.143 e. The van der Waals surface area contributed by atoms with Crippen molar-refractivity contribution < 1.29 is 8.83 Å². The fourth-order valence-corrected chi connectivity index (χ4v) is 8.79. The summed E-state index contributed by atoms with van der Waals surface area (Å²) in [5.41, 5.74) is 11.5. The Kier molecular flexibility index (Phi) is 5.77. The minimum Gasteiger partial charge on any atom is -0.455 e. The first kappa shape index (κ1) is 28.6. The van der Waals surface area contributed by atoms with Gasteiger partial charge in [0.05, 0.1) is 16.7 Å². The number of para-hydroxylation sites is 4. The second kappa shape index (κ2) is 10.7. The van der Waals surface area contributed by atoms with Crippen molar-refractivity contribution in [2.45, 2.75) is 0 Å². The Balaban J connectivity index is 1.17. The van der Waals surface area contributed by atoms with Crippen molar-refractivity contribution in [1.29, 1.82) is 0 Å². The fraction of sp³-hybridized carbons (Fsp3) is 0. The standard InChI is InChI=1S/C50H29NO2/c1-2-12-33-30(11-1)29-46(37-14-4-3-13-36(33)37)51-44-25-23-31(34-17-9-19-40-38-15-5-7-21-47(38)52-49(34)40)27-42(44)43-28-32(24-26-45(43)51)35-18-10-20-41-39-16-6-8-22-48(39)53-50(35)41/h1-29H. The molecule has 0 atom stereocenters. The van der Waals surface area contributed by atoms with E-state index in [-0.39, 0.29) is 0 Å². The van der Waals surface area contributed by atoms with E-state index < -0.39 is 0 Å². The number of furan rings is 2. The molecule has 53 heavy (non-hydrogen) atoms. The molecule has 0 saturated carbocycles. The van der Waals surface area contributed by atoms with Crippen LogP contribution in [0.4, 0.5) is 0 Å². The molecule has 12 rings (SSSR count). The molecule has 246 valence electrons. The van der Waals surface area contributed by atoms with Crippen LogP contribution in [0.3, 0.4) is 0 Å². The maximum absolute atomic E-state index is 6.53. The fourth-order valence-electron chi connectivity index (χ4n) is 8.79. The van der Waals surface area contributed by atoms with Gasteiger partial charge in [-0.1, -0.05) is 133 Å². The molecule has 0 saturated heterocycles. The number of rotatable bonds is 3. The van der Waals surface area contributed by atoms with Crippen LogP contribution in [0.15, 0.2) is 185 Å². The molecule has 0 amide bonds. The molecule has 3 aromatic heterocycles. The third-order valence-corrected chi connectivity index (χ3v) is 11.2. The van der Waals surface area contributed by atoms with Gasteiger partial charge in [0.1, 0.15) is 22.3 Å². The Morgan fingerprint density at radius 1 is 0.321 bits per heavy atom. The lowest BCUT2D eigenvalue weighted by atomic mass is 9.98. The van der Waals surface area contributed by atoms with Gasteiger partial charge in [0.15, 0.2) is 0 Å². The Hall–Kier alpha value is -7.10. The maximum atomic E-state index is 6.53. The summed E-state index contributed by atoms with van der Waals surface area (Å²) in [6.07, 6.45) is 0. The van der Waals surface area contributed by atoms with Gasteiger partial charge in [-0.25, -0.2) is 0 Å². The molecule has 0 N–H and O–H groups in total. The lowest BCUT2D eigenvalue weighted by molar-refractivity contribution is 0.669. The second-order valence-corrected chi connectivity index (χ2v) is 14.0. The zero-order chi connectivity index (χ0) is 34.6. The van der Waals surface area contributed by atoms with Gasteiger partial charge in [-0.3, -0.25) is 0 Å². The summed E-state index contributed by atoms with van der Waals surface area (Å²) in [5, 5.41) is 11.8. The van der Waals surface area contributed by atoms with Crippen molar-refractivity contribution in [3.63, 3.8) is 0 Å². The molecular weight excluding hydrogens is 647 g/mol. The minimum atomic E-state index is 0.903. The van der Waals surface area contributed by atoms with E-state index >= 15 is 0 Å². The van der Waals surface area contributed by atoms with E-state index in [0.29, 0.717) is 0 Å². The van der Waals surface area contributed by atoms with Crippen LogP contribution < -0.4 is 0 Å². The molecule has 3 heteroatoms. The number of aromatic nitrogens is 1. The van der Waals surface area contributed by atoms with Crippen LogP contribution in [0.2, 0.25) is 0 Å². The zero-order valence-electron chi connectivity index (χ0n) is 28.5. The lowest BCUT2D eigenvalue weighted by Gasteiger charge is -2.14. The molecule has 0 aliphatic rings. The lowest BCUT2D eigenvalue weighted by Crippen LogP contribution is -1.96. The molecule has 9 aromatic carbocycles. The molecular formula is C50H29NO2. The van der Waals surface area contributed by atoms with Crippen LogP contribution in [-0.2, 0) is 0 Å².